The van der Waals surface area contributed by atoms with E-state index in [9.17, 15) is 14.0 Å². The molecular weight excluding hydrogens is 315 g/mol. The minimum atomic E-state index is -0.672. The van der Waals surface area contributed by atoms with Crippen LogP contribution in [0.3, 0.4) is 0 Å². The fourth-order valence-electron chi connectivity index (χ4n) is 2.13. The summed E-state index contributed by atoms with van der Waals surface area (Å²) in [5, 5.41) is 7.31. The third-order valence-electron chi connectivity index (χ3n) is 3.43. The summed E-state index contributed by atoms with van der Waals surface area (Å²) in [7, 11) is 0. The Bertz CT molecular complexity index is 699. The van der Waals surface area contributed by atoms with Crippen molar-refractivity contribution < 1.29 is 14.0 Å². The van der Waals surface area contributed by atoms with Gasteiger partial charge in [0, 0.05) is 5.69 Å². The number of carbonyl (C=O) groups excluding carboxylic acids is 2. The molecule has 0 saturated carbocycles. The van der Waals surface area contributed by atoms with Gasteiger partial charge in [-0.05, 0) is 48.1 Å². The Labute approximate surface area is 138 Å². The second-order valence-electron chi connectivity index (χ2n) is 5.62. The van der Waals surface area contributed by atoms with E-state index in [1.807, 2.05) is 13.8 Å². The predicted octanol–water partition coefficient (Wildman–Crippen LogP) is 3.59. The molecule has 0 bridgehead atoms. The van der Waals surface area contributed by atoms with Crippen molar-refractivity contribution in [3.63, 3.8) is 0 Å². The van der Waals surface area contributed by atoms with E-state index >= 15 is 0 Å². The van der Waals surface area contributed by atoms with Gasteiger partial charge in [0.2, 0.25) is 5.91 Å². The van der Waals surface area contributed by atoms with E-state index in [-0.39, 0.29) is 23.5 Å². The zero-order chi connectivity index (χ0) is 17.0. The Morgan fingerprint density at radius 1 is 1.22 bits per heavy atom. The first-order chi connectivity index (χ1) is 10.9. The van der Waals surface area contributed by atoms with Gasteiger partial charge in [-0.2, -0.15) is 0 Å². The monoisotopic (exact) mass is 334 g/mol. The largest absolute Gasteiger partial charge is 0.339 e. The van der Waals surface area contributed by atoms with Gasteiger partial charge in [-0.1, -0.05) is 19.9 Å². The second kappa shape index (κ2) is 7.37. The molecule has 2 amide bonds. The zero-order valence-corrected chi connectivity index (χ0v) is 14.0. The zero-order valence-electron chi connectivity index (χ0n) is 13.2. The molecule has 0 aliphatic heterocycles. The van der Waals surface area contributed by atoms with E-state index < -0.39 is 6.04 Å². The van der Waals surface area contributed by atoms with Gasteiger partial charge in [-0.25, -0.2) is 4.39 Å². The van der Waals surface area contributed by atoms with Gasteiger partial charge in [0.15, 0.2) is 0 Å². The second-order valence-corrected chi connectivity index (χ2v) is 6.57. The van der Waals surface area contributed by atoms with E-state index in [0.717, 1.165) is 0 Å². The number of thiophene rings is 1. The predicted molar refractivity (Wildman–Crippen MR) is 90.2 cm³/mol. The average Bonchev–Trinajstić information content (AvgIpc) is 3.01. The lowest BCUT2D eigenvalue weighted by Gasteiger charge is -2.22. The van der Waals surface area contributed by atoms with Crippen molar-refractivity contribution in [2.24, 2.45) is 5.92 Å². The third-order valence-corrected chi connectivity index (χ3v) is 4.30. The van der Waals surface area contributed by atoms with Crippen molar-refractivity contribution >= 4 is 28.8 Å². The summed E-state index contributed by atoms with van der Waals surface area (Å²) in [6, 6.07) is 6.97. The molecule has 1 aromatic carbocycles. The number of hydrogen-bond acceptors (Lipinski definition) is 3. The molecular formula is C17H19FN2O2S. The molecule has 0 unspecified atom stereocenters. The number of hydrogen-bond donors (Lipinski definition) is 2. The minimum absolute atomic E-state index is 0.0836. The molecule has 0 fully saturated rings. The molecule has 122 valence electrons. The lowest BCUT2D eigenvalue weighted by atomic mass is 10.0. The molecule has 0 radical (unpaired) electrons. The standard InChI is InChI=1S/C17H19FN2O2S/c1-10(2)15(20-16(21)14-5-4-8-23-14)17(22)19-13-7-6-12(18)9-11(13)3/h4-10,15H,1-3H3,(H,19,22)(H,20,21)/t15-/m1/s1. The summed E-state index contributed by atoms with van der Waals surface area (Å²) in [6.45, 7) is 5.43. The fourth-order valence-corrected chi connectivity index (χ4v) is 2.76. The van der Waals surface area contributed by atoms with E-state index in [0.29, 0.717) is 16.1 Å². The molecule has 1 atom stereocenters. The number of aryl methyl sites for hydroxylation is 1. The molecule has 0 spiro atoms. The smallest absolute Gasteiger partial charge is 0.262 e. The summed E-state index contributed by atoms with van der Waals surface area (Å²) in [4.78, 5) is 25.2. The van der Waals surface area contributed by atoms with Gasteiger partial charge in [0.25, 0.3) is 5.91 Å². The molecule has 2 N–H and O–H groups in total. The van der Waals surface area contributed by atoms with E-state index in [2.05, 4.69) is 10.6 Å². The van der Waals surface area contributed by atoms with Gasteiger partial charge in [-0.15, -0.1) is 11.3 Å². The summed E-state index contributed by atoms with van der Waals surface area (Å²) in [5.41, 5.74) is 1.16. The van der Waals surface area contributed by atoms with Crippen molar-refractivity contribution in [2.45, 2.75) is 26.8 Å². The van der Waals surface area contributed by atoms with Crippen LogP contribution in [-0.4, -0.2) is 17.9 Å². The van der Waals surface area contributed by atoms with Crippen LogP contribution in [0.4, 0.5) is 10.1 Å². The number of nitrogens with one attached hydrogen (secondary N) is 2. The number of halogens is 1. The molecule has 1 aromatic heterocycles. The maximum atomic E-state index is 13.1. The van der Waals surface area contributed by atoms with Gasteiger partial charge in [0.1, 0.15) is 11.9 Å². The van der Waals surface area contributed by atoms with Crippen LogP contribution in [0.2, 0.25) is 0 Å². The third kappa shape index (κ3) is 4.39. The average molecular weight is 334 g/mol. The molecule has 0 aliphatic rings. The number of benzene rings is 1. The summed E-state index contributed by atoms with van der Waals surface area (Å²) in [6.07, 6.45) is 0. The minimum Gasteiger partial charge on any atom is -0.339 e. The highest BCUT2D eigenvalue weighted by Crippen LogP contribution is 2.17. The van der Waals surface area contributed by atoms with Crippen LogP contribution in [0.5, 0.6) is 0 Å². The van der Waals surface area contributed by atoms with Crippen LogP contribution >= 0.6 is 11.3 Å². The highest BCUT2D eigenvalue weighted by Gasteiger charge is 2.25. The first-order valence-corrected chi connectivity index (χ1v) is 8.18. The van der Waals surface area contributed by atoms with Gasteiger partial charge < -0.3 is 10.6 Å². The first-order valence-electron chi connectivity index (χ1n) is 7.30. The summed E-state index contributed by atoms with van der Waals surface area (Å²) >= 11 is 1.32. The SMILES string of the molecule is Cc1cc(F)ccc1NC(=O)[C@H](NC(=O)c1cccs1)C(C)C. The summed E-state index contributed by atoms with van der Waals surface area (Å²) in [5.74, 6) is -1.03. The lowest BCUT2D eigenvalue weighted by molar-refractivity contribution is -0.118. The molecule has 6 heteroatoms. The van der Waals surface area contributed by atoms with Gasteiger partial charge in [0.05, 0.1) is 4.88 Å². The van der Waals surface area contributed by atoms with Crippen LogP contribution in [-0.2, 0) is 4.79 Å². The maximum absolute atomic E-state index is 13.1. The number of rotatable bonds is 5. The summed E-state index contributed by atoms with van der Waals surface area (Å²) < 4.78 is 13.1. The fraction of sp³-hybridized carbons (Fsp3) is 0.294. The number of amides is 2. The molecule has 2 rings (SSSR count). The molecule has 4 nitrogen and oxygen atoms in total. The maximum Gasteiger partial charge on any atom is 0.262 e. The van der Waals surface area contributed by atoms with Crippen molar-refractivity contribution in [1.82, 2.24) is 5.32 Å². The quantitative estimate of drug-likeness (QED) is 0.878. The topological polar surface area (TPSA) is 58.2 Å². The van der Waals surface area contributed by atoms with Gasteiger partial charge in [-0.3, -0.25) is 9.59 Å². The number of anilines is 1. The van der Waals surface area contributed by atoms with Crippen molar-refractivity contribution in [2.75, 3.05) is 5.32 Å². The van der Waals surface area contributed by atoms with Crippen LogP contribution in [0.25, 0.3) is 0 Å². The van der Waals surface area contributed by atoms with Gasteiger partial charge >= 0.3 is 0 Å². The lowest BCUT2D eigenvalue weighted by Crippen LogP contribution is -2.47. The molecule has 0 saturated heterocycles. The highest BCUT2D eigenvalue weighted by molar-refractivity contribution is 7.12. The van der Waals surface area contributed by atoms with Crippen LogP contribution in [0.15, 0.2) is 35.7 Å². The van der Waals surface area contributed by atoms with Crippen LogP contribution in [0.1, 0.15) is 29.1 Å². The Balaban J connectivity index is 2.10. The molecule has 1 heterocycles. The Morgan fingerprint density at radius 3 is 2.52 bits per heavy atom. The highest BCUT2D eigenvalue weighted by atomic mass is 32.1. The Kier molecular flexibility index (Phi) is 5.50. The van der Waals surface area contributed by atoms with E-state index in [1.165, 1.54) is 29.5 Å². The molecule has 23 heavy (non-hydrogen) atoms. The van der Waals surface area contributed by atoms with Crippen molar-refractivity contribution in [3.05, 3.63) is 52.0 Å². The normalized spacial score (nSPS) is 12.0. The van der Waals surface area contributed by atoms with E-state index in [4.69, 9.17) is 0 Å². The van der Waals surface area contributed by atoms with Crippen molar-refractivity contribution in [1.29, 1.82) is 0 Å². The molecule has 0 aliphatic carbocycles. The first kappa shape index (κ1) is 17.1. The number of carbonyl (C=O) groups is 2. The van der Waals surface area contributed by atoms with Crippen LogP contribution < -0.4 is 10.6 Å². The van der Waals surface area contributed by atoms with Crippen LogP contribution in [0, 0.1) is 18.7 Å². The molecule has 2 aromatic rings. The van der Waals surface area contributed by atoms with E-state index in [1.54, 1.807) is 24.4 Å². The Morgan fingerprint density at radius 2 is 1.96 bits per heavy atom. The van der Waals surface area contributed by atoms with Crippen molar-refractivity contribution in [3.8, 4) is 0 Å². The Hall–Kier alpha value is -2.21.